The van der Waals surface area contributed by atoms with E-state index < -0.39 is 41.8 Å². The van der Waals surface area contributed by atoms with E-state index >= 15 is 8.78 Å². The summed E-state index contributed by atoms with van der Waals surface area (Å²) >= 11 is 0. The van der Waals surface area contributed by atoms with Gasteiger partial charge in [-0.3, -0.25) is 9.59 Å². The van der Waals surface area contributed by atoms with Crippen molar-refractivity contribution in [1.29, 1.82) is 0 Å². The van der Waals surface area contributed by atoms with Crippen molar-refractivity contribution in [2.75, 3.05) is 26.7 Å². The molecule has 2 atom stereocenters. The summed E-state index contributed by atoms with van der Waals surface area (Å²) in [4.78, 5) is 26.5. The number of carbonyl (C=O) groups is 2. The van der Waals surface area contributed by atoms with E-state index in [4.69, 9.17) is 0 Å². The summed E-state index contributed by atoms with van der Waals surface area (Å²) in [6, 6.07) is 15.3. The molecule has 1 fully saturated rings. The number of nitrogens with zero attached hydrogens (tertiary/aromatic N) is 1. The molecule has 1 heterocycles. The van der Waals surface area contributed by atoms with Gasteiger partial charge in [0.2, 0.25) is 0 Å². The predicted molar refractivity (Wildman–Crippen MR) is 157 cm³/mol. The van der Waals surface area contributed by atoms with E-state index in [1.165, 1.54) is 30.3 Å². The molecule has 0 saturated carbocycles. The van der Waals surface area contributed by atoms with Crippen LogP contribution in [0.5, 0.6) is 0 Å². The van der Waals surface area contributed by atoms with Crippen LogP contribution in [0.25, 0.3) is 11.1 Å². The lowest BCUT2D eigenvalue weighted by molar-refractivity contribution is -0.173. The number of aliphatic hydroxyl groups is 1. The lowest BCUT2D eigenvalue weighted by Gasteiger charge is -2.43. The van der Waals surface area contributed by atoms with E-state index in [0.29, 0.717) is 37.1 Å². The fraction of sp³-hybridized carbons (Fsp3) is 0.394. The monoisotopic (exact) mass is 617 g/mol. The van der Waals surface area contributed by atoms with Gasteiger partial charge in [-0.2, -0.15) is 13.2 Å². The molecule has 1 unspecified atom stereocenters. The second-order valence-corrected chi connectivity index (χ2v) is 11.2. The van der Waals surface area contributed by atoms with Crippen LogP contribution in [0.15, 0.2) is 60.7 Å². The lowest BCUT2D eigenvalue weighted by Crippen LogP contribution is -2.48. The Morgan fingerprint density at radius 3 is 2.43 bits per heavy atom. The number of hydrogen-bond donors (Lipinski definition) is 3. The molecule has 6 nitrogen and oxygen atoms in total. The highest BCUT2D eigenvalue weighted by Gasteiger charge is 2.44. The molecule has 3 N–H and O–H groups in total. The number of hydrogen-bond acceptors (Lipinski definition) is 4. The van der Waals surface area contributed by atoms with Crippen LogP contribution in [0.2, 0.25) is 0 Å². The molecule has 0 radical (unpaired) electrons. The Morgan fingerprint density at radius 1 is 1.02 bits per heavy atom. The number of rotatable bonds is 10. The Bertz CT molecular complexity index is 1480. The quantitative estimate of drug-likeness (QED) is 0.197. The summed E-state index contributed by atoms with van der Waals surface area (Å²) in [5.41, 5.74) is 0.0776. The number of aryl methyl sites for hydroxylation is 1. The minimum atomic E-state index is -5.07. The van der Waals surface area contributed by atoms with Crippen molar-refractivity contribution in [3.05, 3.63) is 94.6 Å². The van der Waals surface area contributed by atoms with Crippen LogP contribution in [-0.2, 0) is 16.9 Å². The van der Waals surface area contributed by atoms with Crippen molar-refractivity contribution >= 4 is 11.8 Å². The summed E-state index contributed by atoms with van der Waals surface area (Å²) in [6.45, 7) is 2.43. The van der Waals surface area contributed by atoms with Gasteiger partial charge < -0.3 is 20.6 Å². The smallest absolute Gasteiger partial charge is 0.385 e. The summed E-state index contributed by atoms with van der Waals surface area (Å²) in [5, 5.41) is 17.3. The first kappa shape index (κ1) is 33.1. The molecule has 1 aliphatic heterocycles. The first-order valence-electron chi connectivity index (χ1n) is 14.5. The lowest BCUT2D eigenvalue weighted by atomic mass is 9.72. The number of amides is 2. The zero-order chi connectivity index (χ0) is 32.1. The molecule has 3 aromatic rings. The van der Waals surface area contributed by atoms with Gasteiger partial charge in [0.05, 0.1) is 5.60 Å². The third kappa shape index (κ3) is 7.44. The first-order chi connectivity index (χ1) is 20.8. The average molecular weight is 618 g/mol. The van der Waals surface area contributed by atoms with Crippen LogP contribution >= 0.6 is 0 Å². The van der Waals surface area contributed by atoms with Gasteiger partial charge >= 0.3 is 12.1 Å². The average Bonchev–Trinajstić information content (AvgIpc) is 3.00. The summed E-state index contributed by atoms with van der Waals surface area (Å²) in [7, 11) is 1.82. The maximum Gasteiger partial charge on any atom is 0.471 e. The molecule has 3 aromatic carbocycles. The molecular formula is C33H36F5N3O3. The maximum absolute atomic E-state index is 15.6. The fourth-order valence-electron chi connectivity index (χ4n) is 5.91. The molecular weight excluding hydrogens is 581 g/mol. The highest BCUT2D eigenvalue weighted by molar-refractivity contribution is 5.94. The molecule has 11 heteroatoms. The minimum absolute atomic E-state index is 0.0627. The van der Waals surface area contributed by atoms with Gasteiger partial charge in [0.15, 0.2) is 0 Å². The molecule has 0 aliphatic carbocycles. The van der Waals surface area contributed by atoms with E-state index in [1.807, 2.05) is 24.5 Å². The van der Waals surface area contributed by atoms with Crippen molar-refractivity contribution in [3.8, 4) is 11.1 Å². The number of likely N-dealkylation sites (tertiary alicyclic amines) is 1. The highest BCUT2D eigenvalue weighted by atomic mass is 19.4. The van der Waals surface area contributed by atoms with Gasteiger partial charge in [-0.1, -0.05) is 35.9 Å². The largest absolute Gasteiger partial charge is 0.471 e. The molecule has 0 bridgehead atoms. The van der Waals surface area contributed by atoms with E-state index in [1.54, 1.807) is 24.0 Å². The predicted octanol–water partition coefficient (Wildman–Crippen LogP) is 5.86. The molecule has 236 valence electrons. The third-order valence-electron chi connectivity index (χ3n) is 8.11. The van der Waals surface area contributed by atoms with Crippen molar-refractivity contribution < 1.29 is 36.6 Å². The van der Waals surface area contributed by atoms with Crippen LogP contribution in [0.3, 0.4) is 0 Å². The first-order valence-corrected chi connectivity index (χ1v) is 14.5. The Morgan fingerprint density at radius 2 is 1.75 bits per heavy atom. The minimum Gasteiger partial charge on any atom is -0.385 e. The van der Waals surface area contributed by atoms with Crippen molar-refractivity contribution in [2.24, 2.45) is 5.92 Å². The Labute approximate surface area is 253 Å². The summed E-state index contributed by atoms with van der Waals surface area (Å²) in [5.74, 6) is -4.51. The van der Waals surface area contributed by atoms with Gasteiger partial charge in [-0.05, 0) is 81.1 Å². The SMILES string of the molecule is CNCc1ccc(C(=O)N2CCC[C@@H](C(O)(CCCNC(=O)C(F)(F)F)c3cccc(F)c3-c3cc(C)ccc3F)C2)cc1. The van der Waals surface area contributed by atoms with Gasteiger partial charge in [0.25, 0.3) is 5.91 Å². The number of halogens is 5. The second kappa shape index (κ2) is 13.9. The number of carbonyl (C=O) groups excluding carboxylic acids is 2. The standard InChI is InChI=1S/C33H36F5N3O3/c1-21-9-14-27(34)25(18-21)29-26(7-3-8-28(29)35)32(44,15-5-16-40-31(43)33(36,37)38)24-6-4-17-41(20-24)30(42)23-12-10-22(11-13-23)19-39-2/h3,7-14,18,24,39,44H,4-6,15-17,19-20H2,1-2H3,(H,40,43)/t24-,32?/m1/s1. The number of benzene rings is 3. The molecule has 44 heavy (non-hydrogen) atoms. The molecule has 0 spiro atoms. The maximum atomic E-state index is 15.6. The molecule has 2 amide bonds. The van der Waals surface area contributed by atoms with Crippen LogP contribution in [0.1, 0.15) is 52.7 Å². The van der Waals surface area contributed by atoms with Crippen LogP contribution < -0.4 is 10.6 Å². The van der Waals surface area contributed by atoms with Crippen molar-refractivity contribution in [3.63, 3.8) is 0 Å². The van der Waals surface area contributed by atoms with E-state index in [9.17, 15) is 27.9 Å². The molecule has 4 rings (SSSR count). The van der Waals surface area contributed by atoms with Crippen LogP contribution in [0.4, 0.5) is 22.0 Å². The van der Waals surface area contributed by atoms with Crippen molar-refractivity contribution in [1.82, 2.24) is 15.5 Å². The summed E-state index contributed by atoms with van der Waals surface area (Å²) < 4.78 is 69.0. The normalized spacial score (nSPS) is 16.8. The van der Waals surface area contributed by atoms with Crippen LogP contribution in [0, 0.1) is 24.5 Å². The second-order valence-electron chi connectivity index (χ2n) is 11.2. The molecule has 0 aromatic heterocycles. The van der Waals surface area contributed by atoms with Gasteiger partial charge in [0.1, 0.15) is 11.6 Å². The number of alkyl halides is 3. The van der Waals surface area contributed by atoms with E-state index in [0.717, 1.165) is 11.6 Å². The van der Waals surface area contributed by atoms with Crippen LogP contribution in [-0.4, -0.2) is 54.7 Å². The van der Waals surface area contributed by atoms with E-state index in [2.05, 4.69) is 5.32 Å². The van der Waals surface area contributed by atoms with Gasteiger partial charge in [-0.25, -0.2) is 8.78 Å². The Kier molecular flexibility index (Phi) is 10.4. The zero-order valence-electron chi connectivity index (χ0n) is 24.6. The third-order valence-corrected chi connectivity index (χ3v) is 8.11. The number of nitrogens with one attached hydrogen (secondary N) is 2. The van der Waals surface area contributed by atoms with Gasteiger partial charge in [0, 0.05) is 48.8 Å². The molecule has 1 aliphatic rings. The Hall–Kier alpha value is -3.83. The zero-order valence-corrected chi connectivity index (χ0v) is 24.6. The Balaban J connectivity index is 1.70. The highest BCUT2D eigenvalue weighted by Crippen LogP contribution is 2.45. The van der Waals surface area contributed by atoms with Gasteiger partial charge in [-0.15, -0.1) is 0 Å². The molecule has 1 saturated heterocycles. The van der Waals surface area contributed by atoms with E-state index in [-0.39, 0.29) is 42.0 Å². The fourth-order valence-corrected chi connectivity index (χ4v) is 5.91. The van der Waals surface area contributed by atoms with Crippen molar-refractivity contribution in [2.45, 2.75) is 50.9 Å². The summed E-state index contributed by atoms with van der Waals surface area (Å²) in [6.07, 6.45) is -4.42. The number of piperidine rings is 1. The topological polar surface area (TPSA) is 81.7 Å².